The number of rotatable bonds is 4. The van der Waals surface area contributed by atoms with E-state index in [9.17, 15) is 9.59 Å². The number of ether oxygens (including phenoxy) is 2. The maximum atomic E-state index is 12.0. The van der Waals surface area contributed by atoms with Crippen molar-refractivity contribution >= 4 is 29.5 Å². The lowest BCUT2D eigenvalue weighted by Crippen LogP contribution is -2.07. The van der Waals surface area contributed by atoms with E-state index in [1.807, 2.05) is 18.2 Å². The van der Waals surface area contributed by atoms with E-state index in [0.717, 1.165) is 5.56 Å². The molecule has 0 spiro atoms. The first kappa shape index (κ1) is 16.4. The summed E-state index contributed by atoms with van der Waals surface area (Å²) in [4.78, 5) is 27.3. The van der Waals surface area contributed by atoms with Crippen LogP contribution < -0.4 is 10.1 Å². The van der Waals surface area contributed by atoms with Crippen LogP contribution in [0.5, 0.6) is 5.75 Å². The minimum atomic E-state index is -0.510. The maximum absolute atomic E-state index is 12.0. The molecule has 1 amide bonds. The number of anilines is 1. The van der Waals surface area contributed by atoms with Crippen molar-refractivity contribution in [2.75, 3.05) is 12.4 Å². The number of aliphatic imine (C=N–C) groups is 1. The fourth-order valence-electron chi connectivity index (χ4n) is 2.32. The Balaban J connectivity index is 1.84. The van der Waals surface area contributed by atoms with Crippen molar-refractivity contribution in [1.82, 2.24) is 0 Å². The van der Waals surface area contributed by atoms with Gasteiger partial charge in [-0.1, -0.05) is 12.1 Å². The Kier molecular flexibility index (Phi) is 4.61. The highest BCUT2D eigenvalue weighted by Gasteiger charge is 2.24. The SMILES string of the molecule is COc1cccc(/C=C2\N=C(c3ccc(NC(C)=O)cc3)OC2=O)c1. The number of carbonyl (C=O) groups is 2. The molecule has 25 heavy (non-hydrogen) atoms. The van der Waals surface area contributed by atoms with Gasteiger partial charge >= 0.3 is 5.97 Å². The average Bonchev–Trinajstić information content (AvgIpc) is 2.96. The molecule has 6 nitrogen and oxygen atoms in total. The van der Waals surface area contributed by atoms with Crippen LogP contribution in [0, 0.1) is 0 Å². The summed E-state index contributed by atoms with van der Waals surface area (Å²) in [5.74, 6) is 0.261. The van der Waals surface area contributed by atoms with Gasteiger partial charge in [0, 0.05) is 18.2 Å². The fraction of sp³-hybridized carbons (Fsp3) is 0.105. The van der Waals surface area contributed by atoms with Gasteiger partial charge in [0.05, 0.1) is 7.11 Å². The number of hydrogen-bond acceptors (Lipinski definition) is 5. The summed E-state index contributed by atoms with van der Waals surface area (Å²) in [6.45, 7) is 1.44. The molecule has 2 aromatic rings. The number of cyclic esters (lactones) is 1. The lowest BCUT2D eigenvalue weighted by molar-refractivity contribution is -0.129. The van der Waals surface area contributed by atoms with Gasteiger partial charge < -0.3 is 14.8 Å². The normalized spacial score (nSPS) is 14.9. The van der Waals surface area contributed by atoms with Gasteiger partial charge in [0.15, 0.2) is 5.70 Å². The van der Waals surface area contributed by atoms with Crippen LogP contribution in [0.4, 0.5) is 5.69 Å². The number of carbonyl (C=O) groups excluding carboxylic acids is 2. The highest BCUT2D eigenvalue weighted by molar-refractivity contribution is 6.13. The summed E-state index contributed by atoms with van der Waals surface area (Å²) < 4.78 is 10.4. The summed E-state index contributed by atoms with van der Waals surface area (Å²) in [7, 11) is 1.58. The molecule has 0 aromatic heterocycles. The first-order valence-corrected chi connectivity index (χ1v) is 7.60. The van der Waals surface area contributed by atoms with Gasteiger partial charge in [0.1, 0.15) is 5.75 Å². The molecule has 0 saturated carbocycles. The van der Waals surface area contributed by atoms with Gasteiger partial charge in [0.25, 0.3) is 0 Å². The van der Waals surface area contributed by atoms with Gasteiger partial charge in [-0.2, -0.15) is 0 Å². The van der Waals surface area contributed by atoms with Crippen LogP contribution in [0.15, 0.2) is 59.2 Å². The second-order valence-corrected chi connectivity index (χ2v) is 5.37. The van der Waals surface area contributed by atoms with Crippen molar-refractivity contribution in [1.29, 1.82) is 0 Å². The topological polar surface area (TPSA) is 77.0 Å². The van der Waals surface area contributed by atoms with E-state index in [1.54, 1.807) is 43.5 Å². The van der Waals surface area contributed by atoms with E-state index >= 15 is 0 Å². The molecule has 1 aliphatic rings. The lowest BCUT2D eigenvalue weighted by Gasteiger charge is -2.03. The monoisotopic (exact) mass is 336 g/mol. The smallest absolute Gasteiger partial charge is 0.363 e. The van der Waals surface area contributed by atoms with E-state index in [-0.39, 0.29) is 17.5 Å². The minimum Gasteiger partial charge on any atom is -0.497 e. The van der Waals surface area contributed by atoms with E-state index in [4.69, 9.17) is 9.47 Å². The third-order valence-corrected chi connectivity index (χ3v) is 3.47. The fourth-order valence-corrected chi connectivity index (χ4v) is 2.32. The number of methoxy groups -OCH3 is 1. The van der Waals surface area contributed by atoms with Crippen LogP contribution in [0.3, 0.4) is 0 Å². The van der Waals surface area contributed by atoms with Crippen LogP contribution in [0.1, 0.15) is 18.1 Å². The second kappa shape index (κ2) is 7.00. The summed E-state index contributed by atoms with van der Waals surface area (Å²) in [5, 5.41) is 2.67. The molecule has 126 valence electrons. The van der Waals surface area contributed by atoms with Crippen molar-refractivity contribution in [2.45, 2.75) is 6.92 Å². The number of amides is 1. The molecule has 6 heteroatoms. The molecule has 0 saturated heterocycles. The number of benzene rings is 2. The maximum Gasteiger partial charge on any atom is 0.363 e. The largest absolute Gasteiger partial charge is 0.497 e. The third kappa shape index (κ3) is 3.92. The van der Waals surface area contributed by atoms with E-state index < -0.39 is 5.97 Å². The zero-order valence-electron chi connectivity index (χ0n) is 13.8. The molecular weight excluding hydrogens is 320 g/mol. The lowest BCUT2D eigenvalue weighted by atomic mass is 10.2. The van der Waals surface area contributed by atoms with Crippen molar-refractivity contribution in [3.05, 3.63) is 65.4 Å². The number of nitrogens with zero attached hydrogens (tertiary/aromatic N) is 1. The van der Waals surface area contributed by atoms with Gasteiger partial charge in [-0.05, 0) is 48.0 Å². The predicted molar refractivity (Wildman–Crippen MR) is 94.3 cm³/mol. The Morgan fingerprint density at radius 3 is 2.64 bits per heavy atom. The molecule has 2 aromatic carbocycles. The molecule has 0 aliphatic carbocycles. The van der Waals surface area contributed by atoms with Crippen molar-refractivity contribution in [3.63, 3.8) is 0 Å². The molecule has 3 rings (SSSR count). The molecule has 0 atom stereocenters. The van der Waals surface area contributed by atoms with Crippen LogP contribution in [0.2, 0.25) is 0 Å². The van der Waals surface area contributed by atoms with E-state index in [2.05, 4.69) is 10.3 Å². The Labute approximate surface area is 144 Å². The molecule has 1 aliphatic heterocycles. The van der Waals surface area contributed by atoms with Gasteiger partial charge in [-0.15, -0.1) is 0 Å². The third-order valence-electron chi connectivity index (χ3n) is 3.47. The molecule has 0 fully saturated rings. The van der Waals surface area contributed by atoms with Crippen molar-refractivity contribution < 1.29 is 19.1 Å². The Morgan fingerprint density at radius 2 is 1.96 bits per heavy atom. The molecule has 0 radical (unpaired) electrons. The van der Waals surface area contributed by atoms with Crippen LogP contribution in [0.25, 0.3) is 6.08 Å². The molecule has 0 unspecified atom stereocenters. The molecular formula is C19H16N2O4. The van der Waals surface area contributed by atoms with Gasteiger partial charge in [-0.3, -0.25) is 4.79 Å². The second-order valence-electron chi connectivity index (χ2n) is 5.37. The van der Waals surface area contributed by atoms with Crippen molar-refractivity contribution in [2.24, 2.45) is 4.99 Å². The number of nitrogens with one attached hydrogen (secondary N) is 1. The molecule has 0 bridgehead atoms. The zero-order chi connectivity index (χ0) is 17.8. The highest BCUT2D eigenvalue weighted by atomic mass is 16.6. The zero-order valence-corrected chi connectivity index (χ0v) is 13.8. The average molecular weight is 336 g/mol. The van der Waals surface area contributed by atoms with Crippen LogP contribution >= 0.6 is 0 Å². The number of hydrogen-bond donors (Lipinski definition) is 1. The van der Waals surface area contributed by atoms with Gasteiger partial charge in [0.2, 0.25) is 11.8 Å². The summed E-state index contributed by atoms with van der Waals surface area (Å²) in [6, 6.07) is 14.2. The standard InChI is InChI=1S/C19H16N2O4/c1-12(22)20-15-8-6-14(7-9-15)18-21-17(19(23)25-18)11-13-4-3-5-16(10-13)24-2/h3-11H,1-2H3,(H,20,22)/b17-11-. The first-order chi connectivity index (χ1) is 12.0. The quantitative estimate of drug-likeness (QED) is 0.688. The predicted octanol–water partition coefficient (Wildman–Crippen LogP) is 3.00. The van der Waals surface area contributed by atoms with E-state index in [0.29, 0.717) is 17.0 Å². The van der Waals surface area contributed by atoms with Crippen LogP contribution in [-0.4, -0.2) is 24.9 Å². The Bertz CT molecular complexity index is 883. The summed E-state index contributed by atoms with van der Waals surface area (Å²) in [5.41, 5.74) is 2.32. The van der Waals surface area contributed by atoms with Crippen LogP contribution in [-0.2, 0) is 14.3 Å². The summed E-state index contributed by atoms with van der Waals surface area (Å²) in [6.07, 6.45) is 1.64. The van der Waals surface area contributed by atoms with Gasteiger partial charge in [-0.25, -0.2) is 9.79 Å². The Hall–Kier alpha value is -3.41. The number of esters is 1. The summed E-state index contributed by atoms with van der Waals surface area (Å²) >= 11 is 0. The Morgan fingerprint density at radius 1 is 1.20 bits per heavy atom. The minimum absolute atomic E-state index is 0.152. The molecule has 1 N–H and O–H groups in total. The van der Waals surface area contributed by atoms with E-state index in [1.165, 1.54) is 6.92 Å². The molecule has 1 heterocycles. The van der Waals surface area contributed by atoms with Crippen molar-refractivity contribution in [3.8, 4) is 5.75 Å². The highest BCUT2D eigenvalue weighted by Crippen LogP contribution is 2.22. The first-order valence-electron chi connectivity index (χ1n) is 7.60.